The van der Waals surface area contributed by atoms with Gasteiger partial charge in [-0.05, 0) is 19.4 Å². The SMILES string of the molecule is CC(C)n1[nH]c(=O)c2c1NC(=O)CSC2c1ccccc1. The fourth-order valence-corrected chi connectivity index (χ4v) is 3.65. The number of fused-ring (bicyclic) bond motifs is 1. The van der Waals surface area contributed by atoms with Gasteiger partial charge >= 0.3 is 0 Å². The summed E-state index contributed by atoms with van der Waals surface area (Å²) in [5.74, 6) is 0.859. The molecular formula is C15H17N3O2S. The molecular weight excluding hydrogens is 286 g/mol. The number of thioether (sulfide) groups is 1. The average Bonchev–Trinajstić information content (AvgIpc) is 2.68. The summed E-state index contributed by atoms with van der Waals surface area (Å²) in [6, 6.07) is 9.89. The second-order valence-electron chi connectivity index (χ2n) is 5.32. The summed E-state index contributed by atoms with van der Waals surface area (Å²) in [7, 11) is 0. The van der Waals surface area contributed by atoms with Crippen molar-refractivity contribution in [3.63, 3.8) is 0 Å². The molecule has 2 heterocycles. The number of nitrogens with one attached hydrogen (secondary N) is 2. The van der Waals surface area contributed by atoms with Gasteiger partial charge in [-0.1, -0.05) is 30.3 Å². The van der Waals surface area contributed by atoms with E-state index in [0.29, 0.717) is 17.1 Å². The van der Waals surface area contributed by atoms with Crippen molar-refractivity contribution >= 4 is 23.5 Å². The molecule has 1 amide bonds. The zero-order chi connectivity index (χ0) is 15.0. The van der Waals surface area contributed by atoms with Crippen molar-refractivity contribution in [2.45, 2.75) is 25.1 Å². The van der Waals surface area contributed by atoms with Crippen LogP contribution in [0.25, 0.3) is 0 Å². The maximum atomic E-state index is 12.4. The highest BCUT2D eigenvalue weighted by Crippen LogP contribution is 2.39. The van der Waals surface area contributed by atoms with Crippen LogP contribution in [0.5, 0.6) is 0 Å². The number of hydrogen-bond donors (Lipinski definition) is 2. The molecule has 21 heavy (non-hydrogen) atoms. The van der Waals surface area contributed by atoms with Gasteiger partial charge < -0.3 is 5.32 Å². The summed E-state index contributed by atoms with van der Waals surface area (Å²) in [6.45, 7) is 3.94. The Balaban J connectivity index is 2.19. The first-order valence-electron chi connectivity index (χ1n) is 6.88. The van der Waals surface area contributed by atoms with E-state index < -0.39 is 0 Å². The van der Waals surface area contributed by atoms with Crippen LogP contribution in [0.15, 0.2) is 35.1 Å². The molecule has 0 radical (unpaired) electrons. The third-order valence-corrected chi connectivity index (χ3v) is 4.75. The van der Waals surface area contributed by atoms with E-state index in [1.165, 1.54) is 11.8 Å². The molecule has 5 nitrogen and oxygen atoms in total. The fourth-order valence-electron chi connectivity index (χ4n) is 2.52. The topological polar surface area (TPSA) is 66.9 Å². The van der Waals surface area contributed by atoms with Gasteiger partial charge in [0.1, 0.15) is 5.82 Å². The largest absolute Gasteiger partial charge is 0.310 e. The monoisotopic (exact) mass is 303 g/mol. The van der Waals surface area contributed by atoms with Gasteiger partial charge in [0, 0.05) is 6.04 Å². The van der Waals surface area contributed by atoms with E-state index in [1.54, 1.807) is 4.68 Å². The van der Waals surface area contributed by atoms with Crippen molar-refractivity contribution in [2.75, 3.05) is 11.1 Å². The molecule has 6 heteroatoms. The summed E-state index contributed by atoms with van der Waals surface area (Å²) >= 11 is 1.48. The van der Waals surface area contributed by atoms with Gasteiger partial charge in [0.05, 0.1) is 16.6 Å². The van der Waals surface area contributed by atoms with Gasteiger partial charge in [-0.2, -0.15) is 0 Å². The molecule has 0 bridgehead atoms. The lowest BCUT2D eigenvalue weighted by Crippen LogP contribution is -2.17. The molecule has 1 aliphatic heterocycles. The second-order valence-corrected chi connectivity index (χ2v) is 6.41. The van der Waals surface area contributed by atoms with Crippen LogP contribution >= 0.6 is 11.8 Å². The van der Waals surface area contributed by atoms with Gasteiger partial charge in [0.15, 0.2) is 0 Å². The highest BCUT2D eigenvalue weighted by Gasteiger charge is 2.30. The van der Waals surface area contributed by atoms with Crippen LogP contribution in [0.3, 0.4) is 0 Å². The van der Waals surface area contributed by atoms with Crippen LogP contribution in [-0.2, 0) is 4.79 Å². The van der Waals surface area contributed by atoms with Crippen molar-refractivity contribution in [3.05, 3.63) is 51.8 Å². The van der Waals surface area contributed by atoms with E-state index >= 15 is 0 Å². The normalized spacial score (nSPS) is 18.2. The molecule has 1 unspecified atom stereocenters. The molecule has 0 fully saturated rings. The number of anilines is 1. The van der Waals surface area contributed by atoms with Crippen LogP contribution in [0.4, 0.5) is 5.82 Å². The number of aromatic amines is 1. The Morgan fingerprint density at radius 2 is 1.95 bits per heavy atom. The second kappa shape index (κ2) is 5.44. The van der Waals surface area contributed by atoms with Gasteiger partial charge in [-0.25, -0.2) is 0 Å². The third-order valence-electron chi connectivity index (χ3n) is 3.48. The molecule has 2 N–H and O–H groups in total. The van der Waals surface area contributed by atoms with Gasteiger partial charge in [0.25, 0.3) is 5.56 Å². The van der Waals surface area contributed by atoms with Gasteiger partial charge in [-0.15, -0.1) is 11.8 Å². The highest BCUT2D eigenvalue weighted by molar-refractivity contribution is 8.00. The van der Waals surface area contributed by atoms with Crippen molar-refractivity contribution in [1.29, 1.82) is 0 Å². The predicted molar refractivity (Wildman–Crippen MR) is 84.8 cm³/mol. The molecule has 1 aromatic heterocycles. The Morgan fingerprint density at radius 1 is 1.24 bits per heavy atom. The molecule has 0 saturated heterocycles. The molecule has 1 aromatic carbocycles. The molecule has 1 atom stereocenters. The summed E-state index contributed by atoms with van der Waals surface area (Å²) in [6.07, 6.45) is 0. The average molecular weight is 303 g/mol. The molecule has 2 aromatic rings. The Labute approximate surface area is 126 Å². The number of H-pyrrole nitrogens is 1. The van der Waals surface area contributed by atoms with Crippen LogP contribution in [0, 0.1) is 0 Å². The molecule has 3 rings (SSSR count). The number of benzene rings is 1. The fraction of sp³-hybridized carbons (Fsp3) is 0.333. The number of carbonyl (C=O) groups is 1. The number of amides is 1. The Kier molecular flexibility index (Phi) is 3.63. The Morgan fingerprint density at radius 3 is 2.62 bits per heavy atom. The molecule has 110 valence electrons. The minimum Gasteiger partial charge on any atom is -0.310 e. The lowest BCUT2D eigenvalue weighted by molar-refractivity contribution is -0.113. The van der Waals surface area contributed by atoms with Crippen molar-refractivity contribution in [1.82, 2.24) is 9.78 Å². The first-order chi connectivity index (χ1) is 10.1. The summed E-state index contributed by atoms with van der Waals surface area (Å²) < 4.78 is 1.73. The number of rotatable bonds is 2. The van der Waals surface area contributed by atoms with E-state index in [9.17, 15) is 9.59 Å². The molecule has 0 aliphatic carbocycles. The maximum Gasteiger partial charge on any atom is 0.270 e. The zero-order valence-corrected chi connectivity index (χ0v) is 12.7. The van der Waals surface area contributed by atoms with Crippen molar-refractivity contribution < 1.29 is 4.79 Å². The van der Waals surface area contributed by atoms with Crippen LogP contribution in [0.2, 0.25) is 0 Å². The lowest BCUT2D eigenvalue weighted by Gasteiger charge is -2.14. The smallest absolute Gasteiger partial charge is 0.270 e. The third kappa shape index (κ3) is 2.51. The standard InChI is InChI=1S/C15H17N3O2S/c1-9(2)18-14-12(15(20)17-18)13(21-8-11(19)16-14)10-6-4-3-5-7-10/h3-7,9,13H,8H2,1-2H3,(H,16,19)(H,17,20). The lowest BCUT2D eigenvalue weighted by atomic mass is 10.1. The summed E-state index contributed by atoms with van der Waals surface area (Å²) in [5.41, 5.74) is 1.53. The summed E-state index contributed by atoms with van der Waals surface area (Å²) in [5, 5.41) is 5.57. The number of aromatic nitrogens is 2. The zero-order valence-electron chi connectivity index (χ0n) is 11.9. The van der Waals surface area contributed by atoms with E-state index in [1.807, 2.05) is 44.2 Å². The maximum absolute atomic E-state index is 12.4. The van der Waals surface area contributed by atoms with Crippen molar-refractivity contribution in [3.8, 4) is 0 Å². The van der Waals surface area contributed by atoms with Gasteiger partial charge in [-0.3, -0.25) is 19.4 Å². The number of hydrogen-bond acceptors (Lipinski definition) is 3. The number of carbonyl (C=O) groups excluding carboxylic acids is 1. The van der Waals surface area contributed by atoms with Crippen LogP contribution < -0.4 is 10.9 Å². The molecule has 0 spiro atoms. The minimum absolute atomic E-state index is 0.0706. The Bertz CT molecular complexity index is 718. The first-order valence-corrected chi connectivity index (χ1v) is 7.93. The minimum atomic E-state index is -0.137. The van der Waals surface area contributed by atoms with E-state index in [-0.39, 0.29) is 22.8 Å². The number of nitrogens with zero attached hydrogens (tertiary/aromatic N) is 1. The highest BCUT2D eigenvalue weighted by atomic mass is 32.2. The quantitative estimate of drug-likeness (QED) is 0.896. The van der Waals surface area contributed by atoms with Gasteiger partial charge in [0.2, 0.25) is 5.91 Å². The van der Waals surface area contributed by atoms with Crippen LogP contribution in [0.1, 0.15) is 36.3 Å². The Hall–Kier alpha value is -1.95. The van der Waals surface area contributed by atoms with Crippen molar-refractivity contribution in [2.24, 2.45) is 0 Å². The van der Waals surface area contributed by atoms with E-state index in [4.69, 9.17) is 0 Å². The predicted octanol–water partition coefficient (Wildman–Crippen LogP) is 2.53. The summed E-state index contributed by atoms with van der Waals surface area (Å²) in [4.78, 5) is 24.3. The van der Waals surface area contributed by atoms with E-state index in [0.717, 1.165) is 5.56 Å². The van der Waals surface area contributed by atoms with Crippen LogP contribution in [-0.4, -0.2) is 21.4 Å². The van der Waals surface area contributed by atoms with E-state index in [2.05, 4.69) is 10.4 Å². The first kappa shape index (κ1) is 14.0. The molecule has 1 aliphatic rings. The molecule has 0 saturated carbocycles.